The fraction of sp³-hybridized carbons (Fsp3) is 0.538. The first kappa shape index (κ1) is 13.9. The van der Waals surface area contributed by atoms with Gasteiger partial charge in [-0.05, 0) is 31.7 Å². The van der Waals surface area contributed by atoms with Gasteiger partial charge in [0.15, 0.2) is 0 Å². The van der Waals surface area contributed by atoms with E-state index in [0.717, 1.165) is 23.3 Å². The largest absolute Gasteiger partial charge is 0.469 e. The number of hydrogen-bond acceptors (Lipinski definition) is 6. The monoisotopic (exact) mass is 283 g/mol. The topological polar surface area (TPSA) is 78.6 Å². The van der Waals surface area contributed by atoms with Crippen LogP contribution >= 0.6 is 11.3 Å². The average Bonchev–Trinajstić information content (AvgIpc) is 2.72. The minimum absolute atomic E-state index is 0.195. The van der Waals surface area contributed by atoms with Gasteiger partial charge in [-0.15, -0.1) is 11.3 Å². The lowest BCUT2D eigenvalue weighted by Gasteiger charge is -2.20. The van der Waals surface area contributed by atoms with Crippen molar-refractivity contribution in [1.29, 1.82) is 0 Å². The Morgan fingerprint density at radius 3 is 2.84 bits per heavy atom. The Kier molecular flexibility index (Phi) is 4.09. The molecule has 5 nitrogen and oxygen atoms in total. The molecule has 1 aromatic rings. The second kappa shape index (κ2) is 5.61. The number of thiophene rings is 1. The molecule has 0 fully saturated rings. The predicted octanol–water partition coefficient (Wildman–Crippen LogP) is 1.78. The number of aryl methyl sites for hydroxylation is 1. The van der Waals surface area contributed by atoms with Crippen LogP contribution in [0.5, 0.6) is 0 Å². The van der Waals surface area contributed by atoms with Crippen LogP contribution in [-0.2, 0) is 27.1 Å². The molecule has 104 valence electrons. The van der Waals surface area contributed by atoms with Crippen LogP contribution in [0.4, 0.5) is 5.00 Å². The number of rotatable bonds is 3. The van der Waals surface area contributed by atoms with Crippen LogP contribution in [0.3, 0.4) is 0 Å². The molecule has 0 amide bonds. The summed E-state index contributed by atoms with van der Waals surface area (Å²) in [5.41, 5.74) is 7.21. The van der Waals surface area contributed by atoms with Crippen LogP contribution in [-0.4, -0.2) is 25.7 Å². The Morgan fingerprint density at radius 2 is 2.21 bits per heavy atom. The number of fused-ring (bicyclic) bond motifs is 1. The molecule has 1 unspecified atom stereocenters. The van der Waals surface area contributed by atoms with E-state index < -0.39 is 5.97 Å². The first-order valence-electron chi connectivity index (χ1n) is 6.23. The van der Waals surface area contributed by atoms with E-state index in [4.69, 9.17) is 15.2 Å². The summed E-state index contributed by atoms with van der Waals surface area (Å²) < 4.78 is 9.80. The summed E-state index contributed by atoms with van der Waals surface area (Å²) in [6, 6.07) is 0. The number of hydrogen-bond donors (Lipinski definition) is 1. The van der Waals surface area contributed by atoms with Crippen LogP contribution in [0, 0.1) is 5.92 Å². The molecule has 19 heavy (non-hydrogen) atoms. The minimum atomic E-state index is -0.400. The van der Waals surface area contributed by atoms with E-state index in [-0.39, 0.29) is 11.9 Å². The Hall–Kier alpha value is -1.56. The van der Waals surface area contributed by atoms with Crippen molar-refractivity contribution in [1.82, 2.24) is 0 Å². The normalized spacial score (nSPS) is 17.7. The first-order chi connectivity index (χ1) is 9.08. The molecule has 0 aliphatic heterocycles. The number of carbonyl (C=O) groups excluding carboxylic acids is 2. The Bertz CT molecular complexity index is 509. The molecule has 0 aromatic carbocycles. The fourth-order valence-corrected chi connectivity index (χ4v) is 3.50. The van der Waals surface area contributed by atoms with Gasteiger partial charge < -0.3 is 15.2 Å². The van der Waals surface area contributed by atoms with Crippen LogP contribution in [0.15, 0.2) is 0 Å². The molecule has 6 heteroatoms. The summed E-state index contributed by atoms with van der Waals surface area (Å²) in [7, 11) is 1.38. The van der Waals surface area contributed by atoms with E-state index >= 15 is 0 Å². The number of anilines is 1. The molecule has 1 aliphatic rings. The molecule has 1 aromatic heterocycles. The number of ether oxygens (including phenoxy) is 2. The van der Waals surface area contributed by atoms with Gasteiger partial charge in [-0.2, -0.15) is 0 Å². The summed E-state index contributed by atoms with van der Waals surface area (Å²) in [5.74, 6) is -0.826. The van der Waals surface area contributed by atoms with Crippen molar-refractivity contribution in [3.05, 3.63) is 16.0 Å². The van der Waals surface area contributed by atoms with E-state index in [9.17, 15) is 9.59 Å². The highest BCUT2D eigenvalue weighted by Crippen LogP contribution is 2.38. The van der Waals surface area contributed by atoms with Crippen molar-refractivity contribution < 1.29 is 19.1 Å². The Morgan fingerprint density at radius 1 is 1.47 bits per heavy atom. The second-order valence-electron chi connectivity index (χ2n) is 4.43. The first-order valence-corrected chi connectivity index (χ1v) is 7.05. The molecule has 1 atom stereocenters. The van der Waals surface area contributed by atoms with Gasteiger partial charge in [0, 0.05) is 4.88 Å². The van der Waals surface area contributed by atoms with Crippen LogP contribution in [0.2, 0.25) is 0 Å². The van der Waals surface area contributed by atoms with E-state index in [0.29, 0.717) is 23.6 Å². The lowest BCUT2D eigenvalue weighted by molar-refractivity contribution is -0.145. The SMILES string of the molecule is CCOC(=O)c1c(N)sc2c1CC(C(=O)OC)CC2. The summed E-state index contributed by atoms with van der Waals surface area (Å²) >= 11 is 1.42. The minimum Gasteiger partial charge on any atom is -0.469 e. The Balaban J connectivity index is 2.31. The van der Waals surface area contributed by atoms with Crippen LogP contribution < -0.4 is 5.73 Å². The average molecular weight is 283 g/mol. The molecule has 0 spiro atoms. The third kappa shape index (κ3) is 2.58. The molecule has 0 radical (unpaired) electrons. The zero-order chi connectivity index (χ0) is 14.0. The molecular weight excluding hydrogens is 266 g/mol. The number of nitrogen functional groups attached to an aromatic ring is 1. The van der Waals surface area contributed by atoms with E-state index in [1.54, 1.807) is 6.92 Å². The summed E-state index contributed by atoms with van der Waals surface area (Å²) in [5, 5.41) is 0.481. The summed E-state index contributed by atoms with van der Waals surface area (Å²) in [4.78, 5) is 24.6. The zero-order valence-corrected chi connectivity index (χ0v) is 11.8. The summed E-state index contributed by atoms with van der Waals surface area (Å²) in [6.45, 7) is 2.06. The Labute approximate surface area is 115 Å². The summed E-state index contributed by atoms with van der Waals surface area (Å²) in [6.07, 6.45) is 2.00. The van der Waals surface area contributed by atoms with Gasteiger partial charge in [-0.3, -0.25) is 4.79 Å². The molecule has 2 rings (SSSR count). The van der Waals surface area contributed by atoms with E-state index in [1.807, 2.05) is 0 Å². The maximum atomic E-state index is 11.9. The third-order valence-electron chi connectivity index (χ3n) is 3.30. The molecule has 0 saturated heterocycles. The number of methoxy groups -OCH3 is 1. The van der Waals surface area contributed by atoms with Gasteiger partial charge in [0.25, 0.3) is 0 Å². The van der Waals surface area contributed by atoms with E-state index in [2.05, 4.69) is 0 Å². The van der Waals surface area contributed by atoms with Gasteiger partial charge in [-0.25, -0.2) is 4.79 Å². The van der Waals surface area contributed by atoms with Gasteiger partial charge in [0.05, 0.1) is 25.2 Å². The van der Waals surface area contributed by atoms with Crippen molar-refractivity contribution in [2.45, 2.75) is 26.2 Å². The highest BCUT2D eigenvalue weighted by molar-refractivity contribution is 7.16. The molecule has 1 aliphatic carbocycles. The van der Waals surface area contributed by atoms with Crippen molar-refractivity contribution in [3.63, 3.8) is 0 Å². The van der Waals surface area contributed by atoms with Crippen molar-refractivity contribution in [3.8, 4) is 0 Å². The van der Waals surface area contributed by atoms with Crippen molar-refractivity contribution in [2.24, 2.45) is 5.92 Å². The van der Waals surface area contributed by atoms with E-state index in [1.165, 1.54) is 18.4 Å². The highest BCUT2D eigenvalue weighted by atomic mass is 32.1. The van der Waals surface area contributed by atoms with Gasteiger partial charge in [0.1, 0.15) is 5.00 Å². The fourth-order valence-electron chi connectivity index (χ4n) is 2.40. The number of carbonyl (C=O) groups is 2. The number of nitrogens with two attached hydrogens (primary N) is 1. The number of esters is 2. The smallest absolute Gasteiger partial charge is 0.341 e. The maximum Gasteiger partial charge on any atom is 0.341 e. The quantitative estimate of drug-likeness (QED) is 0.855. The third-order valence-corrected chi connectivity index (χ3v) is 4.42. The van der Waals surface area contributed by atoms with Crippen LogP contribution in [0.25, 0.3) is 0 Å². The maximum absolute atomic E-state index is 11.9. The lowest BCUT2D eigenvalue weighted by Crippen LogP contribution is -2.24. The molecule has 1 heterocycles. The van der Waals surface area contributed by atoms with Gasteiger partial charge >= 0.3 is 11.9 Å². The van der Waals surface area contributed by atoms with Crippen LogP contribution in [0.1, 0.15) is 34.1 Å². The van der Waals surface area contributed by atoms with Gasteiger partial charge in [0.2, 0.25) is 0 Å². The van der Waals surface area contributed by atoms with Crippen molar-refractivity contribution in [2.75, 3.05) is 19.5 Å². The van der Waals surface area contributed by atoms with Crippen molar-refractivity contribution >= 4 is 28.3 Å². The second-order valence-corrected chi connectivity index (χ2v) is 5.56. The standard InChI is InChI=1S/C13H17NO4S/c1-3-18-13(16)10-8-6-7(12(15)17-2)4-5-9(8)19-11(10)14/h7H,3-6,14H2,1-2H3. The molecule has 0 saturated carbocycles. The molecule has 0 bridgehead atoms. The molecular formula is C13H17NO4S. The lowest BCUT2D eigenvalue weighted by atomic mass is 9.86. The highest BCUT2D eigenvalue weighted by Gasteiger charge is 2.32. The predicted molar refractivity (Wildman–Crippen MR) is 72.2 cm³/mol. The van der Waals surface area contributed by atoms with Gasteiger partial charge in [-0.1, -0.05) is 0 Å². The zero-order valence-electron chi connectivity index (χ0n) is 11.0. The molecule has 2 N–H and O–H groups in total.